The molecule has 0 saturated carbocycles. The number of pyridine rings is 1. The second-order valence-electron chi connectivity index (χ2n) is 4.36. The summed E-state index contributed by atoms with van der Waals surface area (Å²) in [5.41, 5.74) is -0.702. The van der Waals surface area contributed by atoms with Crippen molar-refractivity contribution in [1.29, 1.82) is 0 Å². The van der Waals surface area contributed by atoms with Gasteiger partial charge in [-0.3, -0.25) is 4.79 Å². The van der Waals surface area contributed by atoms with Crippen LogP contribution in [0.4, 0.5) is 0 Å². The lowest BCUT2D eigenvalue weighted by Gasteiger charge is -2.21. The van der Waals surface area contributed by atoms with Crippen molar-refractivity contribution in [3.63, 3.8) is 0 Å². The van der Waals surface area contributed by atoms with Crippen LogP contribution in [-0.2, 0) is 6.54 Å². The first kappa shape index (κ1) is 12.9. The molecule has 6 nitrogen and oxygen atoms in total. The molecule has 1 aromatic heterocycles. The van der Waals surface area contributed by atoms with Crippen LogP contribution in [-0.4, -0.2) is 33.6 Å². The number of benzene rings is 1. The molecule has 2 heterocycles. The molecule has 0 spiro atoms. The molecule has 0 unspecified atom stereocenters. The summed E-state index contributed by atoms with van der Waals surface area (Å²) < 4.78 is 6.56. The standard InChI is InChI=1S/C13H11NO5S/c1-19-6-4-7-10-8(5-6)20-3-2-14(10)12(16)9(11(7)15)13(17)18/h4-5,15H,2-3H2,1H3,(H,17,18). The van der Waals surface area contributed by atoms with E-state index in [-0.39, 0.29) is 0 Å². The van der Waals surface area contributed by atoms with E-state index in [9.17, 15) is 14.7 Å². The Morgan fingerprint density at radius 3 is 2.85 bits per heavy atom. The van der Waals surface area contributed by atoms with Gasteiger partial charge in [-0.25, -0.2) is 4.79 Å². The summed E-state index contributed by atoms with van der Waals surface area (Å²) >= 11 is 1.54. The number of ether oxygens (including phenoxy) is 1. The average Bonchev–Trinajstić information content (AvgIpc) is 2.43. The van der Waals surface area contributed by atoms with Gasteiger partial charge in [-0.1, -0.05) is 0 Å². The first-order chi connectivity index (χ1) is 9.54. The van der Waals surface area contributed by atoms with Gasteiger partial charge in [-0.15, -0.1) is 11.8 Å². The van der Waals surface area contributed by atoms with Crippen LogP contribution in [0.25, 0.3) is 10.9 Å². The highest BCUT2D eigenvalue weighted by Gasteiger charge is 2.25. The fraction of sp³-hybridized carbons (Fsp3) is 0.231. The predicted molar refractivity (Wildman–Crippen MR) is 74.1 cm³/mol. The van der Waals surface area contributed by atoms with Gasteiger partial charge in [0.05, 0.1) is 12.6 Å². The van der Waals surface area contributed by atoms with E-state index in [1.54, 1.807) is 23.9 Å². The van der Waals surface area contributed by atoms with Gasteiger partial charge in [0.15, 0.2) is 5.56 Å². The molecule has 1 aromatic carbocycles. The van der Waals surface area contributed by atoms with Crippen LogP contribution in [0.15, 0.2) is 21.8 Å². The highest BCUT2D eigenvalue weighted by Crippen LogP contribution is 2.39. The number of nitrogens with zero attached hydrogens (tertiary/aromatic N) is 1. The van der Waals surface area contributed by atoms with Crippen molar-refractivity contribution in [2.24, 2.45) is 0 Å². The molecule has 0 fully saturated rings. The highest BCUT2D eigenvalue weighted by molar-refractivity contribution is 7.99. The van der Waals surface area contributed by atoms with E-state index >= 15 is 0 Å². The van der Waals surface area contributed by atoms with Gasteiger partial charge in [0.25, 0.3) is 5.56 Å². The van der Waals surface area contributed by atoms with Crippen LogP contribution in [0, 0.1) is 0 Å². The van der Waals surface area contributed by atoms with Crippen molar-refractivity contribution in [3.05, 3.63) is 28.0 Å². The topological polar surface area (TPSA) is 88.8 Å². The number of carboxylic acids is 1. The summed E-state index contributed by atoms with van der Waals surface area (Å²) in [7, 11) is 1.49. The fourth-order valence-corrected chi connectivity index (χ4v) is 3.44. The third kappa shape index (κ3) is 1.66. The molecule has 0 radical (unpaired) electrons. The number of hydrogen-bond acceptors (Lipinski definition) is 5. The van der Waals surface area contributed by atoms with E-state index in [0.29, 0.717) is 29.0 Å². The molecule has 1 aliphatic heterocycles. The second-order valence-corrected chi connectivity index (χ2v) is 5.49. The van der Waals surface area contributed by atoms with Gasteiger partial charge in [0.2, 0.25) is 0 Å². The second kappa shape index (κ2) is 4.45. The van der Waals surface area contributed by atoms with Gasteiger partial charge >= 0.3 is 5.97 Å². The van der Waals surface area contributed by atoms with E-state index in [2.05, 4.69) is 0 Å². The fourth-order valence-electron chi connectivity index (χ4n) is 2.39. The molecule has 3 rings (SSSR count). The molecule has 104 valence electrons. The zero-order valence-electron chi connectivity index (χ0n) is 10.5. The van der Waals surface area contributed by atoms with Crippen LogP contribution < -0.4 is 10.3 Å². The van der Waals surface area contributed by atoms with Crippen molar-refractivity contribution < 1.29 is 19.7 Å². The van der Waals surface area contributed by atoms with Gasteiger partial charge in [-0.2, -0.15) is 0 Å². The first-order valence-electron chi connectivity index (χ1n) is 5.88. The number of hydrogen-bond donors (Lipinski definition) is 2. The summed E-state index contributed by atoms with van der Waals surface area (Å²) in [6, 6.07) is 3.32. The molecule has 0 saturated heterocycles. The molecule has 0 amide bonds. The summed E-state index contributed by atoms with van der Waals surface area (Å²) in [4.78, 5) is 24.2. The summed E-state index contributed by atoms with van der Waals surface area (Å²) in [5.74, 6) is -0.755. The van der Waals surface area contributed by atoms with Crippen LogP contribution >= 0.6 is 11.8 Å². The normalized spacial score (nSPS) is 13.4. The molecule has 0 atom stereocenters. The Bertz CT molecular complexity index is 796. The number of methoxy groups -OCH3 is 1. The van der Waals surface area contributed by atoms with Gasteiger partial charge < -0.3 is 19.5 Å². The lowest BCUT2D eigenvalue weighted by atomic mass is 10.1. The molecular formula is C13H11NO5S. The first-order valence-corrected chi connectivity index (χ1v) is 6.86. The smallest absolute Gasteiger partial charge is 0.345 e. The third-order valence-corrected chi connectivity index (χ3v) is 4.30. The summed E-state index contributed by atoms with van der Waals surface area (Å²) in [6.07, 6.45) is 0. The van der Waals surface area contributed by atoms with Crippen LogP contribution in [0.1, 0.15) is 10.4 Å². The SMILES string of the molecule is COc1cc2c3c(c1)c(O)c(C(=O)O)c(=O)n3CCS2. The van der Waals surface area contributed by atoms with Crippen LogP contribution in [0.3, 0.4) is 0 Å². The van der Waals surface area contributed by atoms with E-state index < -0.39 is 22.8 Å². The monoisotopic (exact) mass is 293 g/mol. The summed E-state index contributed by atoms with van der Waals surface area (Å²) in [5, 5.41) is 19.6. The lowest BCUT2D eigenvalue weighted by Crippen LogP contribution is -2.29. The minimum Gasteiger partial charge on any atom is -0.506 e. The van der Waals surface area contributed by atoms with Crippen molar-refractivity contribution in [3.8, 4) is 11.5 Å². The number of thioether (sulfide) groups is 1. The Labute approximate surface area is 117 Å². The van der Waals surface area contributed by atoms with Crippen LogP contribution in [0.2, 0.25) is 0 Å². The van der Waals surface area contributed by atoms with Gasteiger partial charge in [0, 0.05) is 22.6 Å². The van der Waals surface area contributed by atoms with E-state index in [1.807, 2.05) is 0 Å². The number of aromatic hydroxyl groups is 1. The third-order valence-electron chi connectivity index (χ3n) is 3.29. The lowest BCUT2D eigenvalue weighted by molar-refractivity contribution is 0.0691. The minimum absolute atomic E-state index is 0.323. The van der Waals surface area contributed by atoms with Crippen molar-refractivity contribution >= 4 is 28.6 Å². The summed E-state index contributed by atoms with van der Waals surface area (Å²) in [6.45, 7) is 0.417. The zero-order chi connectivity index (χ0) is 14.4. The average molecular weight is 293 g/mol. The molecule has 2 aromatic rings. The number of aryl methyl sites for hydroxylation is 1. The van der Waals surface area contributed by atoms with Gasteiger partial charge in [-0.05, 0) is 12.1 Å². The Hall–Kier alpha value is -2.15. The highest BCUT2D eigenvalue weighted by atomic mass is 32.2. The Kier molecular flexibility index (Phi) is 2.86. The Morgan fingerprint density at radius 2 is 2.20 bits per heavy atom. The predicted octanol–water partition coefficient (Wildman–Crippen LogP) is 1.52. The maximum atomic E-state index is 12.2. The molecule has 7 heteroatoms. The number of aromatic carboxylic acids is 1. The van der Waals surface area contributed by atoms with Crippen molar-refractivity contribution in [2.45, 2.75) is 11.4 Å². The molecular weight excluding hydrogens is 282 g/mol. The van der Waals surface area contributed by atoms with Crippen molar-refractivity contribution in [2.75, 3.05) is 12.9 Å². The molecule has 2 N–H and O–H groups in total. The number of carbonyl (C=O) groups is 1. The molecule has 0 aliphatic carbocycles. The largest absolute Gasteiger partial charge is 0.506 e. The van der Waals surface area contributed by atoms with Crippen LogP contribution in [0.5, 0.6) is 11.5 Å². The molecule has 20 heavy (non-hydrogen) atoms. The van der Waals surface area contributed by atoms with Gasteiger partial charge in [0.1, 0.15) is 11.5 Å². The number of carboxylic acid groups (broad SMARTS) is 1. The Morgan fingerprint density at radius 1 is 1.45 bits per heavy atom. The number of rotatable bonds is 2. The van der Waals surface area contributed by atoms with E-state index in [0.717, 1.165) is 4.90 Å². The Balaban J connectivity index is 2.54. The quantitative estimate of drug-likeness (QED) is 0.872. The zero-order valence-corrected chi connectivity index (χ0v) is 11.4. The van der Waals surface area contributed by atoms with E-state index in [1.165, 1.54) is 11.7 Å². The molecule has 1 aliphatic rings. The number of aromatic nitrogens is 1. The minimum atomic E-state index is -1.43. The van der Waals surface area contributed by atoms with Crippen molar-refractivity contribution in [1.82, 2.24) is 4.57 Å². The van der Waals surface area contributed by atoms with E-state index in [4.69, 9.17) is 9.84 Å². The maximum absolute atomic E-state index is 12.2. The maximum Gasteiger partial charge on any atom is 0.345 e. The molecule has 0 bridgehead atoms.